The molecule has 2 aromatic rings. The number of nitrogens with one attached hydrogen (secondary N) is 1. The molecular weight excluding hydrogens is 288 g/mol. The van der Waals surface area contributed by atoms with Gasteiger partial charge in [-0.05, 0) is 23.8 Å². The van der Waals surface area contributed by atoms with Crippen LogP contribution in [0.3, 0.4) is 0 Å². The molecule has 1 atom stereocenters. The minimum absolute atomic E-state index is 0.0144. The molecule has 0 aliphatic carbocycles. The van der Waals surface area contributed by atoms with E-state index in [2.05, 4.69) is 10.4 Å². The van der Waals surface area contributed by atoms with E-state index in [1.807, 2.05) is 35.2 Å². The first-order chi connectivity index (χ1) is 10.2. The lowest BCUT2D eigenvalue weighted by atomic mass is 10.0. The van der Waals surface area contributed by atoms with Gasteiger partial charge in [0.05, 0.1) is 6.04 Å². The van der Waals surface area contributed by atoms with E-state index in [-0.39, 0.29) is 18.5 Å². The van der Waals surface area contributed by atoms with E-state index in [4.69, 9.17) is 11.6 Å². The van der Waals surface area contributed by atoms with Gasteiger partial charge in [0.25, 0.3) is 0 Å². The average Bonchev–Trinajstić information content (AvgIpc) is 3.00. The van der Waals surface area contributed by atoms with Crippen molar-refractivity contribution in [3.63, 3.8) is 0 Å². The molecule has 1 N–H and O–H groups in total. The lowest BCUT2D eigenvalue weighted by molar-refractivity contribution is -0.135. The summed E-state index contributed by atoms with van der Waals surface area (Å²) in [6.45, 7) is 2.51. The Morgan fingerprint density at radius 1 is 1.43 bits per heavy atom. The van der Waals surface area contributed by atoms with Crippen LogP contribution < -0.4 is 5.32 Å². The number of hydrogen-bond acceptors (Lipinski definition) is 3. The fourth-order valence-electron chi connectivity index (χ4n) is 2.64. The molecule has 1 amide bonds. The second-order valence-electron chi connectivity index (χ2n) is 5.07. The van der Waals surface area contributed by atoms with Crippen LogP contribution in [0, 0.1) is 0 Å². The van der Waals surface area contributed by atoms with Gasteiger partial charge in [0.2, 0.25) is 5.91 Å². The van der Waals surface area contributed by atoms with E-state index in [1.54, 1.807) is 17.1 Å². The molecule has 0 bridgehead atoms. The molecule has 0 spiro atoms. The first-order valence-electron chi connectivity index (χ1n) is 6.97. The van der Waals surface area contributed by atoms with Gasteiger partial charge in [0.1, 0.15) is 6.54 Å². The summed E-state index contributed by atoms with van der Waals surface area (Å²) < 4.78 is 1.65. The molecule has 1 aromatic carbocycles. The van der Waals surface area contributed by atoms with Crippen molar-refractivity contribution in [1.82, 2.24) is 20.0 Å². The molecule has 21 heavy (non-hydrogen) atoms. The highest BCUT2D eigenvalue weighted by Gasteiger charge is 2.27. The van der Waals surface area contributed by atoms with Gasteiger partial charge in [-0.15, -0.1) is 0 Å². The second-order valence-corrected chi connectivity index (χ2v) is 5.50. The van der Waals surface area contributed by atoms with Gasteiger partial charge < -0.3 is 10.2 Å². The zero-order valence-corrected chi connectivity index (χ0v) is 12.3. The van der Waals surface area contributed by atoms with Crippen LogP contribution >= 0.6 is 11.6 Å². The topological polar surface area (TPSA) is 50.2 Å². The Kier molecular flexibility index (Phi) is 4.22. The average molecular weight is 305 g/mol. The third-order valence-electron chi connectivity index (χ3n) is 3.65. The molecular formula is C15H17ClN4O. The number of amides is 1. The molecule has 1 unspecified atom stereocenters. The van der Waals surface area contributed by atoms with Crippen LogP contribution in [-0.2, 0) is 11.3 Å². The number of piperazine rings is 1. The maximum atomic E-state index is 12.5. The maximum absolute atomic E-state index is 12.5. The molecule has 1 aliphatic rings. The Labute approximate surface area is 128 Å². The van der Waals surface area contributed by atoms with Gasteiger partial charge in [-0.25, -0.2) is 0 Å². The molecule has 1 aliphatic heterocycles. The number of halogens is 1. The van der Waals surface area contributed by atoms with Crippen molar-refractivity contribution < 1.29 is 4.79 Å². The third kappa shape index (κ3) is 3.25. The first-order valence-corrected chi connectivity index (χ1v) is 7.35. The van der Waals surface area contributed by atoms with E-state index in [0.29, 0.717) is 11.6 Å². The minimum Gasteiger partial charge on any atom is -0.331 e. The fourth-order valence-corrected chi connectivity index (χ4v) is 2.84. The Balaban J connectivity index is 1.79. The summed E-state index contributed by atoms with van der Waals surface area (Å²) in [6, 6.07) is 9.53. The van der Waals surface area contributed by atoms with Crippen molar-refractivity contribution in [1.29, 1.82) is 0 Å². The summed E-state index contributed by atoms with van der Waals surface area (Å²) in [5.41, 5.74) is 1.06. The van der Waals surface area contributed by atoms with Crippen LogP contribution in [0.1, 0.15) is 11.6 Å². The van der Waals surface area contributed by atoms with Crippen LogP contribution in [0.2, 0.25) is 5.02 Å². The number of hydrogen-bond donors (Lipinski definition) is 1. The summed E-state index contributed by atoms with van der Waals surface area (Å²) in [5.74, 6) is 0.0742. The van der Waals surface area contributed by atoms with E-state index < -0.39 is 0 Å². The zero-order chi connectivity index (χ0) is 14.7. The molecule has 3 rings (SSSR count). The number of nitrogens with zero attached hydrogens (tertiary/aromatic N) is 3. The highest BCUT2D eigenvalue weighted by molar-refractivity contribution is 6.30. The molecule has 110 valence electrons. The van der Waals surface area contributed by atoms with Crippen molar-refractivity contribution in [2.45, 2.75) is 12.6 Å². The standard InChI is InChI=1S/C15H17ClN4O/c16-13-4-1-3-12(9-13)14-10-17-6-8-20(14)15(21)11-19-7-2-5-18-19/h1-5,7,9,14,17H,6,8,10-11H2. The molecule has 2 heterocycles. The van der Waals surface area contributed by atoms with Crippen LogP contribution in [0.5, 0.6) is 0 Å². The van der Waals surface area contributed by atoms with Crippen molar-refractivity contribution in [3.05, 3.63) is 53.3 Å². The largest absolute Gasteiger partial charge is 0.331 e. The predicted molar refractivity (Wildman–Crippen MR) is 81.0 cm³/mol. The normalized spacial score (nSPS) is 18.7. The summed E-state index contributed by atoms with van der Waals surface area (Å²) in [6.07, 6.45) is 3.48. The Morgan fingerprint density at radius 2 is 2.33 bits per heavy atom. The highest BCUT2D eigenvalue weighted by Crippen LogP contribution is 2.24. The van der Waals surface area contributed by atoms with E-state index in [9.17, 15) is 4.79 Å². The second kappa shape index (κ2) is 6.28. The summed E-state index contributed by atoms with van der Waals surface area (Å²) >= 11 is 6.07. The SMILES string of the molecule is O=C(Cn1cccn1)N1CCNCC1c1cccc(Cl)c1. The number of aromatic nitrogens is 2. The minimum atomic E-state index is 0.0144. The lowest BCUT2D eigenvalue weighted by Crippen LogP contribution is -2.49. The van der Waals surface area contributed by atoms with Gasteiger partial charge in [-0.3, -0.25) is 9.48 Å². The molecule has 1 saturated heterocycles. The number of carbonyl (C=O) groups is 1. The number of carbonyl (C=O) groups excluding carboxylic acids is 1. The van der Waals surface area contributed by atoms with E-state index >= 15 is 0 Å². The molecule has 6 heteroatoms. The smallest absolute Gasteiger partial charge is 0.244 e. The molecule has 1 fully saturated rings. The van der Waals surface area contributed by atoms with Crippen molar-refractivity contribution in [2.75, 3.05) is 19.6 Å². The summed E-state index contributed by atoms with van der Waals surface area (Å²) in [4.78, 5) is 14.4. The Hall–Kier alpha value is -1.85. The quantitative estimate of drug-likeness (QED) is 0.939. The molecule has 1 aromatic heterocycles. The number of rotatable bonds is 3. The first kappa shape index (κ1) is 14.1. The van der Waals surface area contributed by atoms with E-state index in [1.165, 1.54) is 0 Å². The van der Waals surface area contributed by atoms with Gasteiger partial charge in [0.15, 0.2) is 0 Å². The van der Waals surface area contributed by atoms with Crippen molar-refractivity contribution >= 4 is 17.5 Å². The maximum Gasteiger partial charge on any atom is 0.244 e. The van der Waals surface area contributed by atoms with E-state index in [0.717, 1.165) is 18.7 Å². The van der Waals surface area contributed by atoms with Gasteiger partial charge in [-0.2, -0.15) is 5.10 Å². The summed E-state index contributed by atoms with van der Waals surface area (Å²) in [5, 5.41) is 8.12. The van der Waals surface area contributed by atoms with Gasteiger partial charge >= 0.3 is 0 Å². The van der Waals surface area contributed by atoms with Gasteiger partial charge in [-0.1, -0.05) is 23.7 Å². The Morgan fingerprint density at radius 3 is 3.10 bits per heavy atom. The van der Waals surface area contributed by atoms with Crippen molar-refractivity contribution in [2.24, 2.45) is 0 Å². The zero-order valence-electron chi connectivity index (χ0n) is 11.6. The predicted octanol–water partition coefficient (Wildman–Crippen LogP) is 1.71. The molecule has 5 nitrogen and oxygen atoms in total. The van der Waals surface area contributed by atoms with Gasteiger partial charge in [0, 0.05) is 37.1 Å². The van der Waals surface area contributed by atoms with Crippen LogP contribution in [0.25, 0.3) is 0 Å². The van der Waals surface area contributed by atoms with Crippen molar-refractivity contribution in [3.8, 4) is 0 Å². The van der Waals surface area contributed by atoms with Crippen LogP contribution in [0.15, 0.2) is 42.7 Å². The fraction of sp³-hybridized carbons (Fsp3) is 0.333. The lowest BCUT2D eigenvalue weighted by Gasteiger charge is -2.36. The highest BCUT2D eigenvalue weighted by atomic mass is 35.5. The monoisotopic (exact) mass is 304 g/mol. The van der Waals surface area contributed by atoms with Crippen LogP contribution in [0.4, 0.5) is 0 Å². The molecule has 0 saturated carbocycles. The number of benzene rings is 1. The Bertz CT molecular complexity index is 614. The summed E-state index contributed by atoms with van der Waals surface area (Å²) in [7, 11) is 0. The van der Waals surface area contributed by atoms with Crippen LogP contribution in [-0.4, -0.2) is 40.2 Å². The third-order valence-corrected chi connectivity index (χ3v) is 3.89. The molecule has 0 radical (unpaired) electrons.